The van der Waals surface area contributed by atoms with Crippen molar-refractivity contribution < 1.29 is 14.4 Å². The Balaban J connectivity index is 1.59. The van der Waals surface area contributed by atoms with Crippen LogP contribution in [-0.4, -0.2) is 66.3 Å². The largest absolute Gasteiger partial charge is 0.356 e. The van der Waals surface area contributed by atoms with Crippen LogP contribution < -0.4 is 10.2 Å². The molecule has 3 saturated heterocycles. The molecule has 0 radical (unpaired) electrons. The fraction of sp³-hybridized carbons (Fsp3) is 0.609. The summed E-state index contributed by atoms with van der Waals surface area (Å²) in [5.74, 6) is -0.311. The van der Waals surface area contributed by atoms with Gasteiger partial charge in [0, 0.05) is 50.4 Å². The first-order chi connectivity index (χ1) is 14.5. The first-order valence-corrected chi connectivity index (χ1v) is 11.3. The number of carbonyl (C=O) groups is 3. The van der Waals surface area contributed by atoms with Crippen LogP contribution in [0.15, 0.2) is 24.3 Å². The molecule has 2 bridgehead atoms. The Hall–Kier alpha value is -2.41. The SMILES string of the molecule is CC(=O)N1CCCNC(=O)[C@@H]2C[C@@H]3CCCN3[C@@]23C(=O)N(CCC1)c1ccccc13. The van der Waals surface area contributed by atoms with Gasteiger partial charge in [-0.25, -0.2) is 0 Å². The average Bonchev–Trinajstić information content (AvgIpc) is 3.38. The number of rotatable bonds is 0. The van der Waals surface area contributed by atoms with Gasteiger partial charge in [0.25, 0.3) is 5.91 Å². The summed E-state index contributed by atoms with van der Waals surface area (Å²) in [7, 11) is 0. The van der Waals surface area contributed by atoms with Crippen LogP contribution in [0.2, 0.25) is 0 Å². The molecule has 1 aromatic rings. The van der Waals surface area contributed by atoms with Crippen LogP contribution in [0.3, 0.4) is 0 Å². The number of nitrogens with one attached hydrogen (secondary N) is 1. The maximum Gasteiger partial charge on any atom is 0.253 e. The minimum absolute atomic E-state index is 0.0250. The summed E-state index contributed by atoms with van der Waals surface area (Å²) in [6.45, 7) is 4.79. The number of anilines is 1. The number of benzene rings is 1. The van der Waals surface area contributed by atoms with Crippen LogP contribution in [0, 0.1) is 5.92 Å². The molecule has 160 valence electrons. The highest BCUT2D eigenvalue weighted by molar-refractivity contribution is 6.10. The lowest BCUT2D eigenvalue weighted by molar-refractivity contribution is -0.138. The Morgan fingerprint density at radius 1 is 1.07 bits per heavy atom. The van der Waals surface area contributed by atoms with Crippen molar-refractivity contribution >= 4 is 23.4 Å². The molecule has 30 heavy (non-hydrogen) atoms. The highest BCUT2D eigenvalue weighted by Gasteiger charge is 2.66. The van der Waals surface area contributed by atoms with Gasteiger partial charge in [-0.3, -0.25) is 19.3 Å². The molecule has 7 heteroatoms. The van der Waals surface area contributed by atoms with Crippen LogP contribution >= 0.6 is 0 Å². The van der Waals surface area contributed by atoms with Gasteiger partial charge in [-0.1, -0.05) is 18.2 Å². The van der Waals surface area contributed by atoms with Gasteiger partial charge < -0.3 is 15.1 Å². The van der Waals surface area contributed by atoms with Gasteiger partial charge in [0.2, 0.25) is 11.8 Å². The van der Waals surface area contributed by atoms with E-state index in [0.717, 1.165) is 49.9 Å². The summed E-state index contributed by atoms with van der Waals surface area (Å²) >= 11 is 0. The van der Waals surface area contributed by atoms with Crippen molar-refractivity contribution in [3.8, 4) is 0 Å². The lowest BCUT2D eigenvalue weighted by Crippen LogP contribution is -2.56. The summed E-state index contributed by atoms with van der Waals surface area (Å²) in [6, 6.07) is 8.29. The maximum absolute atomic E-state index is 14.1. The number of fused-ring (bicyclic) bond motifs is 4. The molecule has 0 saturated carbocycles. The zero-order chi connectivity index (χ0) is 20.9. The molecule has 1 aromatic carbocycles. The van der Waals surface area contributed by atoms with Crippen LogP contribution in [0.25, 0.3) is 0 Å². The van der Waals surface area contributed by atoms with Crippen LogP contribution in [0.4, 0.5) is 5.69 Å². The summed E-state index contributed by atoms with van der Waals surface area (Å²) in [5, 5.41) is 3.10. The monoisotopic (exact) mass is 410 g/mol. The van der Waals surface area contributed by atoms with Gasteiger partial charge in [0.05, 0.1) is 5.92 Å². The Morgan fingerprint density at radius 3 is 2.70 bits per heavy atom. The molecule has 4 heterocycles. The topological polar surface area (TPSA) is 73.0 Å². The van der Waals surface area contributed by atoms with Crippen molar-refractivity contribution in [2.24, 2.45) is 5.92 Å². The van der Waals surface area contributed by atoms with Gasteiger partial charge in [-0.05, 0) is 44.7 Å². The molecule has 3 fully saturated rings. The van der Waals surface area contributed by atoms with Crippen molar-refractivity contribution in [1.82, 2.24) is 15.1 Å². The second kappa shape index (κ2) is 7.38. The molecule has 4 aliphatic heterocycles. The fourth-order valence-corrected chi connectivity index (χ4v) is 6.23. The summed E-state index contributed by atoms with van der Waals surface area (Å²) < 4.78 is 0. The zero-order valence-electron chi connectivity index (χ0n) is 17.6. The summed E-state index contributed by atoms with van der Waals surface area (Å²) in [4.78, 5) is 45.5. The van der Waals surface area contributed by atoms with Gasteiger partial charge in [-0.15, -0.1) is 0 Å². The second-order valence-corrected chi connectivity index (χ2v) is 9.02. The summed E-state index contributed by atoms with van der Waals surface area (Å²) in [5.41, 5.74) is 1.04. The Labute approximate surface area is 177 Å². The first kappa shape index (κ1) is 19.5. The van der Waals surface area contributed by atoms with Crippen molar-refractivity contribution in [2.75, 3.05) is 37.6 Å². The second-order valence-electron chi connectivity index (χ2n) is 9.02. The third kappa shape index (κ3) is 2.71. The van der Waals surface area contributed by atoms with Crippen molar-refractivity contribution in [3.05, 3.63) is 29.8 Å². The quantitative estimate of drug-likeness (QED) is 0.703. The molecule has 3 atom stereocenters. The van der Waals surface area contributed by atoms with E-state index >= 15 is 0 Å². The van der Waals surface area contributed by atoms with Crippen molar-refractivity contribution in [1.29, 1.82) is 0 Å². The normalized spacial score (nSPS) is 31.9. The van der Waals surface area contributed by atoms with E-state index in [-0.39, 0.29) is 23.6 Å². The summed E-state index contributed by atoms with van der Waals surface area (Å²) in [6.07, 6.45) is 4.31. The predicted octanol–water partition coefficient (Wildman–Crippen LogP) is 1.47. The molecular weight excluding hydrogens is 380 g/mol. The lowest BCUT2D eigenvalue weighted by Gasteiger charge is -2.37. The van der Waals surface area contributed by atoms with E-state index in [2.05, 4.69) is 10.2 Å². The third-order valence-corrected chi connectivity index (χ3v) is 7.49. The fourth-order valence-electron chi connectivity index (χ4n) is 6.23. The molecule has 7 nitrogen and oxygen atoms in total. The van der Waals surface area contributed by atoms with Gasteiger partial charge in [0.15, 0.2) is 0 Å². The van der Waals surface area contributed by atoms with Crippen LogP contribution in [-0.2, 0) is 19.9 Å². The van der Waals surface area contributed by atoms with Gasteiger partial charge in [-0.2, -0.15) is 0 Å². The predicted molar refractivity (Wildman–Crippen MR) is 113 cm³/mol. The molecule has 4 aliphatic rings. The number of amides is 3. The number of para-hydroxylation sites is 1. The van der Waals surface area contributed by atoms with E-state index in [0.29, 0.717) is 32.2 Å². The third-order valence-electron chi connectivity index (χ3n) is 7.49. The van der Waals surface area contributed by atoms with E-state index < -0.39 is 5.54 Å². The van der Waals surface area contributed by atoms with E-state index in [9.17, 15) is 14.4 Å². The van der Waals surface area contributed by atoms with E-state index in [4.69, 9.17) is 0 Å². The molecule has 5 rings (SSSR count). The lowest BCUT2D eigenvalue weighted by atomic mass is 9.78. The average molecular weight is 411 g/mol. The highest BCUT2D eigenvalue weighted by Crippen LogP contribution is 2.57. The maximum atomic E-state index is 14.1. The van der Waals surface area contributed by atoms with Gasteiger partial charge in [0.1, 0.15) is 5.54 Å². The highest BCUT2D eigenvalue weighted by atomic mass is 16.2. The molecule has 1 spiro atoms. The van der Waals surface area contributed by atoms with E-state index in [1.807, 2.05) is 34.1 Å². The molecule has 3 amide bonds. The minimum atomic E-state index is -0.879. The molecular formula is C23H30N4O3. The molecule has 0 aromatic heterocycles. The molecule has 0 unspecified atom stereocenters. The number of nitrogens with zero attached hydrogens (tertiary/aromatic N) is 3. The standard InChI is InChI=1S/C23H30N4O3/c1-16(28)25-11-5-10-24-21(29)19-15-17-7-4-14-27(17)23(19)18-8-2-3-9-20(18)26(22(23)30)13-6-12-25/h2-3,8-9,17,19H,4-7,10-15H2,1H3,(H,24,29)/t17-,19-,23+/m0/s1. The van der Waals surface area contributed by atoms with Gasteiger partial charge >= 0.3 is 0 Å². The molecule has 0 aliphatic carbocycles. The Kier molecular flexibility index (Phi) is 4.81. The Morgan fingerprint density at radius 2 is 1.87 bits per heavy atom. The minimum Gasteiger partial charge on any atom is -0.356 e. The van der Waals surface area contributed by atoms with E-state index in [1.54, 1.807) is 6.92 Å². The Bertz CT molecular complexity index is 887. The first-order valence-electron chi connectivity index (χ1n) is 11.3. The zero-order valence-corrected chi connectivity index (χ0v) is 17.6. The smallest absolute Gasteiger partial charge is 0.253 e. The van der Waals surface area contributed by atoms with E-state index in [1.165, 1.54) is 0 Å². The van der Waals surface area contributed by atoms with Crippen LogP contribution in [0.5, 0.6) is 0 Å². The number of hydrogen-bond acceptors (Lipinski definition) is 4. The van der Waals surface area contributed by atoms with Crippen molar-refractivity contribution in [2.45, 2.75) is 50.6 Å². The number of carbonyl (C=O) groups excluding carboxylic acids is 3. The van der Waals surface area contributed by atoms with Crippen LogP contribution in [0.1, 0.15) is 44.6 Å². The van der Waals surface area contributed by atoms with Crippen molar-refractivity contribution in [3.63, 3.8) is 0 Å². The number of hydrogen-bond donors (Lipinski definition) is 1. The molecule has 1 N–H and O–H groups in total.